The van der Waals surface area contributed by atoms with Crippen molar-refractivity contribution in [3.05, 3.63) is 0 Å². The number of carbonyl (C=O) groups excluding carboxylic acids is 2. The molecule has 0 N–H and O–H groups in total. The quantitative estimate of drug-likeness (QED) is 0.607. The van der Waals surface area contributed by atoms with Crippen molar-refractivity contribution in [1.29, 1.82) is 0 Å². The van der Waals surface area contributed by atoms with E-state index in [4.69, 9.17) is 0 Å². The van der Waals surface area contributed by atoms with Crippen molar-refractivity contribution in [2.45, 2.75) is 32.6 Å². The summed E-state index contributed by atoms with van der Waals surface area (Å²) in [7, 11) is 0. The molecule has 2 aliphatic rings. The van der Waals surface area contributed by atoms with Gasteiger partial charge >= 0.3 is 0 Å². The Morgan fingerprint density at radius 3 is 2.14 bits per heavy atom. The largest absolute Gasteiger partial charge is 0.550 e. The molecule has 0 amide bonds. The van der Waals surface area contributed by atoms with E-state index in [2.05, 4.69) is 6.92 Å². The minimum atomic E-state index is -0.970. The summed E-state index contributed by atoms with van der Waals surface area (Å²) in [5.74, 6) is -0.468. The minimum absolute atomic E-state index is 0.000370. The van der Waals surface area contributed by atoms with Gasteiger partial charge in [-0.1, -0.05) is 6.92 Å². The van der Waals surface area contributed by atoms with Crippen molar-refractivity contribution < 1.29 is 14.7 Å². The third kappa shape index (κ3) is 1.56. The maximum atomic E-state index is 11.7. The Morgan fingerprint density at radius 1 is 1.21 bits per heavy atom. The average molecular weight is 195 g/mol. The summed E-state index contributed by atoms with van der Waals surface area (Å²) < 4.78 is 0. The summed E-state index contributed by atoms with van der Waals surface area (Å²) in [5, 5.41) is 10.8. The molecule has 3 heteroatoms. The second kappa shape index (κ2) is 3.37. The molecule has 0 radical (unpaired) electrons. The number of carboxylic acids is 1. The SMILES string of the molecule is CC1C[C@@H]2CC(C(=O)[O-])C[C@H](C1)C2=O. The smallest absolute Gasteiger partial charge is 0.139 e. The summed E-state index contributed by atoms with van der Waals surface area (Å²) in [5.41, 5.74) is 0. The second-order valence-corrected chi connectivity index (χ2v) is 4.86. The van der Waals surface area contributed by atoms with Gasteiger partial charge in [0.2, 0.25) is 0 Å². The third-order valence-corrected chi connectivity index (χ3v) is 3.65. The molecule has 78 valence electrons. The lowest BCUT2D eigenvalue weighted by Crippen LogP contribution is -2.44. The zero-order chi connectivity index (χ0) is 10.3. The molecule has 2 bridgehead atoms. The van der Waals surface area contributed by atoms with E-state index in [0.717, 1.165) is 12.8 Å². The molecule has 0 aromatic heterocycles. The Morgan fingerprint density at radius 2 is 1.71 bits per heavy atom. The van der Waals surface area contributed by atoms with Crippen molar-refractivity contribution in [3.8, 4) is 0 Å². The number of hydrogen-bond donors (Lipinski definition) is 0. The standard InChI is InChI=1S/C11H16O3/c1-6-2-7-4-9(11(13)14)5-8(3-6)10(7)12/h6-9H,2-5H2,1H3,(H,13,14)/p-1/t6?,7-,8+,9?. The number of hydrogen-bond acceptors (Lipinski definition) is 3. The van der Waals surface area contributed by atoms with Gasteiger partial charge in [-0.05, 0) is 37.5 Å². The number of carbonyl (C=O) groups is 2. The van der Waals surface area contributed by atoms with Crippen LogP contribution in [0.3, 0.4) is 0 Å². The molecule has 0 spiro atoms. The topological polar surface area (TPSA) is 57.2 Å². The van der Waals surface area contributed by atoms with E-state index in [1.165, 1.54) is 0 Å². The molecule has 0 aromatic rings. The monoisotopic (exact) mass is 195 g/mol. The molecule has 0 aliphatic heterocycles. The molecule has 2 fully saturated rings. The van der Waals surface area contributed by atoms with Crippen LogP contribution in [-0.2, 0) is 9.59 Å². The Kier molecular flexibility index (Phi) is 2.33. The third-order valence-electron chi connectivity index (χ3n) is 3.65. The molecule has 0 aromatic carbocycles. The maximum absolute atomic E-state index is 11.7. The molecule has 2 rings (SSSR count). The first-order chi connectivity index (χ1) is 6.58. The zero-order valence-corrected chi connectivity index (χ0v) is 8.36. The Hall–Kier alpha value is -0.860. The Balaban J connectivity index is 2.13. The second-order valence-electron chi connectivity index (χ2n) is 4.86. The van der Waals surface area contributed by atoms with Gasteiger partial charge in [-0.2, -0.15) is 0 Å². The van der Waals surface area contributed by atoms with Gasteiger partial charge in [-0.25, -0.2) is 0 Å². The number of fused-ring (bicyclic) bond motifs is 2. The van der Waals surface area contributed by atoms with Crippen molar-refractivity contribution in [2.24, 2.45) is 23.7 Å². The van der Waals surface area contributed by atoms with Crippen molar-refractivity contribution in [1.82, 2.24) is 0 Å². The number of Topliss-reactive ketones (excluding diaryl/α,β-unsaturated/α-hetero) is 1. The highest BCUT2D eigenvalue weighted by Crippen LogP contribution is 2.42. The number of rotatable bonds is 1. The van der Waals surface area contributed by atoms with Crippen LogP contribution in [0.1, 0.15) is 32.6 Å². The van der Waals surface area contributed by atoms with E-state index in [1.807, 2.05) is 0 Å². The summed E-state index contributed by atoms with van der Waals surface area (Å²) in [6.07, 6.45) is 2.78. The van der Waals surface area contributed by atoms with Gasteiger partial charge in [0.25, 0.3) is 0 Å². The highest BCUT2D eigenvalue weighted by molar-refractivity contribution is 5.86. The molecule has 3 nitrogen and oxygen atoms in total. The maximum Gasteiger partial charge on any atom is 0.139 e. The van der Waals surface area contributed by atoms with E-state index in [0.29, 0.717) is 24.5 Å². The van der Waals surface area contributed by atoms with Gasteiger partial charge in [-0.15, -0.1) is 0 Å². The van der Waals surface area contributed by atoms with Crippen LogP contribution in [0.5, 0.6) is 0 Å². The highest BCUT2D eigenvalue weighted by atomic mass is 16.4. The van der Waals surface area contributed by atoms with Crippen molar-refractivity contribution in [3.63, 3.8) is 0 Å². The first-order valence-electron chi connectivity index (χ1n) is 5.32. The van der Waals surface area contributed by atoms with Crippen LogP contribution >= 0.6 is 0 Å². The lowest BCUT2D eigenvalue weighted by Gasteiger charge is -2.40. The van der Waals surface area contributed by atoms with Crippen molar-refractivity contribution >= 4 is 11.8 Å². The zero-order valence-electron chi connectivity index (χ0n) is 8.36. The van der Waals surface area contributed by atoms with Gasteiger partial charge in [0, 0.05) is 17.8 Å². The number of ketones is 1. The summed E-state index contributed by atoms with van der Waals surface area (Å²) in [4.78, 5) is 22.5. The summed E-state index contributed by atoms with van der Waals surface area (Å²) >= 11 is 0. The molecule has 0 saturated heterocycles. The van der Waals surface area contributed by atoms with E-state index < -0.39 is 5.97 Å². The fourth-order valence-corrected chi connectivity index (χ4v) is 3.03. The van der Waals surface area contributed by atoms with Crippen LogP contribution in [0.2, 0.25) is 0 Å². The number of aliphatic carboxylic acids is 1. The van der Waals surface area contributed by atoms with Gasteiger partial charge in [-0.3, -0.25) is 4.79 Å². The minimum Gasteiger partial charge on any atom is -0.550 e. The van der Waals surface area contributed by atoms with E-state index in [1.54, 1.807) is 0 Å². The van der Waals surface area contributed by atoms with Crippen LogP contribution in [0.4, 0.5) is 0 Å². The highest BCUT2D eigenvalue weighted by Gasteiger charge is 2.41. The summed E-state index contributed by atoms with van der Waals surface area (Å²) in [6.45, 7) is 2.14. The van der Waals surface area contributed by atoms with Crippen LogP contribution in [-0.4, -0.2) is 11.8 Å². The lowest BCUT2D eigenvalue weighted by atomic mass is 9.64. The fraction of sp³-hybridized carbons (Fsp3) is 0.818. The predicted molar refractivity (Wildman–Crippen MR) is 48.1 cm³/mol. The lowest BCUT2D eigenvalue weighted by molar-refractivity contribution is -0.313. The molecular weight excluding hydrogens is 180 g/mol. The van der Waals surface area contributed by atoms with Crippen LogP contribution in [0.25, 0.3) is 0 Å². The van der Waals surface area contributed by atoms with E-state index in [9.17, 15) is 14.7 Å². The predicted octanol–water partition coefficient (Wildman–Crippen LogP) is 0.378. The molecule has 2 aliphatic carbocycles. The molecule has 14 heavy (non-hydrogen) atoms. The first kappa shape index (κ1) is 9.69. The summed E-state index contributed by atoms with van der Waals surface area (Å²) in [6, 6.07) is 0. The Labute approximate surface area is 83.5 Å². The molecule has 4 atom stereocenters. The fourth-order valence-electron chi connectivity index (χ4n) is 3.03. The Bertz CT molecular complexity index is 254. The average Bonchev–Trinajstić information content (AvgIpc) is 2.06. The van der Waals surface area contributed by atoms with Gasteiger partial charge in [0.05, 0.1) is 0 Å². The van der Waals surface area contributed by atoms with Gasteiger partial charge in [0.15, 0.2) is 0 Å². The first-order valence-corrected chi connectivity index (χ1v) is 5.32. The van der Waals surface area contributed by atoms with Gasteiger partial charge < -0.3 is 9.90 Å². The normalized spacial score (nSPS) is 42.2. The van der Waals surface area contributed by atoms with Crippen LogP contribution in [0.15, 0.2) is 0 Å². The van der Waals surface area contributed by atoms with E-state index >= 15 is 0 Å². The molecule has 2 unspecified atom stereocenters. The van der Waals surface area contributed by atoms with Crippen molar-refractivity contribution in [2.75, 3.05) is 0 Å². The van der Waals surface area contributed by atoms with Crippen LogP contribution < -0.4 is 5.11 Å². The van der Waals surface area contributed by atoms with Gasteiger partial charge in [0.1, 0.15) is 5.78 Å². The van der Waals surface area contributed by atoms with Crippen LogP contribution in [0, 0.1) is 23.7 Å². The van der Waals surface area contributed by atoms with E-state index in [-0.39, 0.29) is 17.8 Å². The number of carboxylic acid groups (broad SMARTS) is 1. The molecule has 0 heterocycles. The molecular formula is C11H15O3-. The molecule has 2 saturated carbocycles.